The van der Waals surface area contributed by atoms with Gasteiger partial charge in [0.2, 0.25) is 0 Å². The van der Waals surface area contributed by atoms with Gasteiger partial charge in [0.25, 0.3) is 23.9 Å². The minimum absolute atomic E-state index is 0.272. The molecule has 0 radical (unpaired) electrons. The van der Waals surface area contributed by atoms with Crippen molar-refractivity contribution >= 4 is 36.0 Å². The molecule has 1 rings (SSSR count). The van der Waals surface area contributed by atoms with Crippen molar-refractivity contribution in [3.63, 3.8) is 0 Å². The molecule has 126 valence electrons. The number of alkyl carbamates (subject to hydrolysis) is 2. The van der Waals surface area contributed by atoms with E-state index in [-0.39, 0.29) is 11.1 Å². The highest BCUT2D eigenvalue weighted by Gasteiger charge is 2.21. The second-order valence-corrected chi connectivity index (χ2v) is 3.96. The Kier molecular flexibility index (Phi) is 5.94. The number of carbonyl (C=O) groups is 4. The second-order valence-electron chi connectivity index (χ2n) is 3.96. The second kappa shape index (κ2) is 7.88. The molecule has 0 fully saturated rings. The molecule has 24 heavy (non-hydrogen) atoms. The van der Waals surface area contributed by atoms with Crippen molar-refractivity contribution in [1.29, 1.82) is 10.8 Å². The Bertz CT molecular complexity index is 670. The van der Waals surface area contributed by atoms with Gasteiger partial charge in [-0.15, -0.1) is 0 Å². The molecule has 0 spiro atoms. The molecule has 12 nitrogen and oxygen atoms in total. The van der Waals surface area contributed by atoms with E-state index in [1.165, 1.54) is 24.3 Å². The van der Waals surface area contributed by atoms with Crippen LogP contribution in [-0.2, 0) is 9.47 Å². The number of hydrogen-bond acceptors (Lipinski definition) is 8. The average Bonchev–Trinajstić information content (AvgIpc) is 2.45. The standard InChI is InChI=1S/C12H12N6O6/c13-9(14)23-11(21)17-7(19)5-3-1-2-4-6(5)8(20)18-12(22)24-10(15)16/h1-4H,(H3,13,14)(H3,15,16)(H,17,19,21)(H,18,20,22). The normalized spacial score (nSPS) is 9.33. The molecule has 4 amide bonds. The lowest BCUT2D eigenvalue weighted by atomic mass is 10.1. The molecule has 0 bridgehead atoms. The zero-order valence-electron chi connectivity index (χ0n) is 11.9. The Morgan fingerprint density at radius 2 is 1.12 bits per heavy atom. The van der Waals surface area contributed by atoms with Crippen LogP contribution in [0.5, 0.6) is 0 Å². The molecule has 0 saturated heterocycles. The monoisotopic (exact) mass is 336 g/mol. The number of nitrogens with one attached hydrogen (secondary N) is 4. The highest BCUT2D eigenvalue weighted by Crippen LogP contribution is 2.09. The maximum Gasteiger partial charge on any atom is 0.421 e. The molecule has 0 atom stereocenters. The first-order valence-corrected chi connectivity index (χ1v) is 6.04. The number of benzene rings is 1. The summed E-state index contributed by atoms with van der Waals surface area (Å²) in [6.45, 7) is 0. The molecule has 0 aromatic heterocycles. The fourth-order valence-electron chi connectivity index (χ4n) is 1.45. The van der Waals surface area contributed by atoms with Crippen LogP contribution in [0.15, 0.2) is 24.3 Å². The van der Waals surface area contributed by atoms with E-state index in [1.807, 2.05) is 0 Å². The molecule has 0 aliphatic heterocycles. The summed E-state index contributed by atoms with van der Waals surface area (Å²) in [5.74, 6) is -2.07. The van der Waals surface area contributed by atoms with Gasteiger partial charge in [-0.1, -0.05) is 12.1 Å². The van der Waals surface area contributed by atoms with Crippen molar-refractivity contribution in [2.45, 2.75) is 0 Å². The van der Waals surface area contributed by atoms with Gasteiger partial charge >= 0.3 is 12.2 Å². The maximum absolute atomic E-state index is 12.0. The van der Waals surface area contributed by atoms with Gasteiger partial charge in [0.15, 0.2) is 0 Å². The SMILES string of the molecule is N=C(N)OC(=O)NC(=O)c1ccccc1C(=O)NC(=O)OC(=N)N. The van der Waals surface area contributed by atoms with E-state index >= 15 is 0 Å². The lowest BCUT2D eigenvalue weighted by molar-refractivity contribution is 0.0912. The summed E-state index contributed by atoms with van der Waals surface area (Å²) >= 11 is 0. The maximum atomic E-state index is 12.0. The Morgan fingerprint density at radius 3 is 1.42 bits per heavy atom. The van der Waals surface area contributed by atoms with Crippen LogP contribution in [0.25, 0.3) is 0 Å². The predicted molar refractivity (Wildman–Crippen MR) is 78.2 cm³/mol. The number of carbonyl (C=O) groups excluding carboxylic acids is 4. The third-order valence-electron chi connectivity index (χ3n) is 2.25. The lowest BCUT2D eigenvalue weighted by Gasteiger charge is -2.09. The van der Waals surface area contributed by atoms with E-state index in [1.54, 1.807) is 10.6 Å². The topological polar surface area (TPSA) is 211 Å². The summed E-state index contributed by atoms with van der Waals surface area (Å²) in [5, 5.41) is 17.0. The highest BCUT2D eigenvalue weighted by atomic mass is 16.6. The van der Waals surface area contributed by atoms with Gasteiger partial charge in [-0.05, 0) is 12.1 Å². The predicted octanol–water partition coefficient (Wildman–Crippen LogP) is -0.794. The summed E-state index contributed by atoms with van der Waals surface area (Å²) in [7, 11) is 0. The van der Waals surface area contributed by atoms with Crippen LogP contribution in [0.1, 0.15) is 20.7 Å². The number of amides is 4. The molecule has 0 unspecified atom stereocenters. The van der Waals surface area contributed by atoms with Crippen LogP contribution in [-0.4, -0.2) is 36.0 Å². The van der Waals surface area contributed by atoms with Crippen LogP contribution in [0.4, 0.5) is 9.59 Å². The molecule has 12 heteroatoms. The van der Waals surface area contributed by atoms with Gasteiger partial charge < -0.3 is 20.9 Å². The van der Waals surface area contributed by atoms with Crippen molar-refractivity contribution in [2.75, 3.05) is 0 Å². The van der Waals surface area contributed by atoms with Gasteiger partial charge in [0, 0.05) is 0 Å². The minimum atomic E-state index is -1.32. The van der Waals surface area contributed by atoms with Gasteiger partial charge in [0.1, 0.15) is 0 Å². The number of nitrogens with two attached hydrogens (primary N) is 2. The van der Waals surface area contributed by atoms with Gasteiger partial charge in [0.05, 0.1) is 11.1 Å². The van der Waals surface area contributed by atoms with Crippen molar-refractivity contribution in [3.8, 4) is 0 Å². The van der Waals surface area contributed by atoms with E-state index in [4.69, 9.17) is 22.3 Å². The zero-order chi connectivity index (χ0) is 18.3. The van der Waals surface area contributed by atoms with Crippen LogP contribution in [0, 0.1) is 10.8 Å². The summed E-state index contributed by atoms with van der Waals surface area (Å²) < 4.78 is 8.26. The average molecular weight is 336 g/mol. The van der Waals surface area contributed by atoms with Crippen molar-refractivity contribution in [3.05, 3.63) is 35.4 Å². The Labute approximate surface area is 134 Å². The quantitative estimate of drug-likeness (QED) is 0.296. The van der Waals surface area contributed by atoms with E-state index < -0.39 is 36.0 Å². The minimum Gasteiger partial charge on any atom is -0.376 e. The van der Waals surface area contributed by atoms with Crippen LogP contribution in [0.2, 0.25) is 0 Å². The fraction of sp³-hybridized carbons (Fsp3) is 0. The Hall–Kier alpha value is -3.96. The molecule has 0 saturated carbocycles. The largest absolute Gasteiger partial charge is 0.421 e. The van der Waals surface area contributed by atoms with E-state index in [9.17, 15) is 19.2 Å². The summed E-state index contributed by atoms with van der Waals surface area (Å²) in [5.41, 5.74) is 9.11. The van der Waals surface area contributed by atoms with Crippen molar-refractivity contribution < 1.29 is 28.7 Å². The number of hydrogen-bond donors (Lipinski definition) is 6. The third kappa shape index (κ3) is 5.44. The molecule has 1 aromatic carbocycles. The number of amidine groups is 2. The zero-order valence-corrected chi connectivity index (χ0v) is 11.9. The summed E-state index contributed by atoms with van der Waals surface area (Å²) in [4.78, 5) is 46.4. The first-order valence-electron chi connectivity index (χ1n) is 6.04. The molecule has 0 heterocycles. The van der Waals surface area contributed by atoms with Crippen LogP contribution in [0.3, 0.4) is 0 Å². The van der Waals surface area contributed by atoms with Gasteiger partial charge in [-0.3, -0.25) is 31.0 Å². The van der Waals surface area contributed by atoms with Crippen LogP contribution >= 0.6 is 0 Å². The first-order chi connectivity index (χ1) is 11.2. The number of ether oxygens (including phenoxy) is 2. The third-order valence-corrected chi connectivity index (χ3v) is 2.25. The molecule has 0 aliphatic rings. The molecular formula is C12H12N6O6. The fourth-order valence-corrected chi connectivity index (χ4v) is 1.45. The van der Waals surface area contributed by atoms with E-state index in [0.29, 0.717) is 0 Å². The molecule has 1 aromatic rings. The number of rotatable bonds is 2. The van der Waals surface area contributed by atoms with Gasteiger partial charge in [-0.25, -0.2) is 9.59 Å². The highest BCUT2D eigenvalue weighted by molar-refractivity contribution is 6.13. The van der Waals surface area contributed by atoms with Crippen molar-refractivity contribution in [1.82, 2.24) is 10.6 Å². The molecule has 8 N–H and O–H groups in total. The molecule has 0 aliphatic carbocycles. The lowest BCUT2D eigenvalue weighted by Crippen LogP contribution is -2.37. The van der Waals surface area contributed by atoms with Gasteiger partial charge in [-0.2, -0.15) is 0 Å². The van der Waals surface area contributed by atoms with E-state index in [0.717, 1.165) is 0 Å². The van der Waals surface area contributed by atoms with Crippen LogP contribution < -0.4 is 22.1 Å². The first kappa shape index (κ1) is 18.1. The summed E-state index contributed by atoms with van der Waals surface area (Å²) in [6, 6.07) is 3.33. The van der Waals surface area contributed by atoms with E-state index in [2.05, 4.69) is 9.47 Å². The smallest absolute Gasteiger partial charge is 0.376 e. The molecular weight excluding hydrogens is 324 g/mol. The number of imide groups is 2. The van der Waals surface area contributed by atoms with Crippen molar-refractivity contribution in [2.24, 2.45) is 11.5 Å². The summed E-state index contributed by atoms with van der Waals surface area (Å²) in [6.07, 6.45) is -2.64. The Balaban J connectivity index is 2.91. The Morgan fingerprint density at radius 1 is 0.792 bits per heavy atom.